The molecule has 2 aliphatic rings. The Morgan fingerprint density at radius 1 is 0.604 bits per heavy atom. The van der Waals surface area contributed by atoms with Gasteiger partial charge in [0, 0.05) is 13.1 Å². The number of nitrogens with zero attached hydrogens (tertiary/aromatic N) is 4. The number of carbonyl (C=O) groups excluding carboxylic acids is 4. The number of hydrogen-bond donors (Lipinski definition) is 2. The lowest BCUT2D eigenvalue weighted by Crippen LogP contribution is -2.43. The van der Waals surface area contributed by atoms with Crippen molar-refractivity contribution in [3.63, 3.8) is 0 Å². The monoisotopic (exact) mass is 640 g/mol. The fourth-order valence-electron chi connectivity index (χ4n) is 6.08. The maximum absolute atomic E-state index is 13.0. The van der Waals surface area contributed by atoms with Gasteiger partial charge in [0.25, 0.3) is 0 Å². The lowest BCUT2D eigenvalue weighted by atomic mass is 10.1. The molecule has 2 fully saturated rings. The lowest BCUT2D eigenvalue weighted by Gasteiger charge is -2.24. The molecule has 4 amide bonds. The second kappa shape index (κ2) is 15.2. The van der Waals surface area contributed by atoms with E-state index in [1.54, 1.807) is 34.1 Å². The molecule has 0 aliphatic carbocycles. The van der Waals surface area contributed by atoms with Crippen LogP contribution in [0.15, 0.2) is 97.3 Å². The van der Waals surface area contributed by atoms with Crippen LogP contribution in [0.4, 0.5) is 11.4 Å². The van der Waals surface area contributed by atoms with E-state index in [1.165, 1.54) is 12.4 Å². The van der Waals surface area contributed by atoms with Gasteiger partial charge in [0.1, 0.15) is 23.5 Å². The predicted octanol–water partition coefficient (Wildman–Crippen LogP) is 4.22. The second-order valence-electron chi connectivity index (χ2n) is 11.9. The Hall–Kier alpha value is -5.82. The number of amides is 4. The third-order valence-corrected chi connectivity index (χ3v) is 8.53. The molecular formula is C38H36N6O4. The summed E-state index contributed by atoms with van der Waals surface area (Å²) >= 11 is 0. The summed E-state index contributed by atoms with van der Waals surface area (Å²) in [5, 5.41) is 5.77. The summed E-state index contributed by atoms with van der Waals surface area (Å²) in [4.78, 5) is 63.9. The smallest absolute Gasteiger partial charge is 0.247 e. The third kappa shape index (κ3) is 8.12. The fourth-order valence-corrected chi connectivity index (χ4v) is 6.08. The Kier molecular flexibility index (Phi) is 10.2. The maximum Gasteiger partial charge on any atom is 0.247 e. The van der Waals surface area contributed by atoms with Crippen LogP contribution in [0.1, 0.15) is 48.2 Å². The molecule has 0 radical (unpaired) electrons. The number of benzene rings is 2. The summed E-state index contributed by atoms with van der Waals surface area (Å²) in [7, 11) is 0. The fraction of sp³-hybridized carbons (Fsp3) is 0.263. The zero-order valence-corrected chi connectivity index (χ0v) is 26.5. The molecule has 0 unspecified atom stereocenters. The molecule has 6 rings (SSSR count). The SMILES string of the molecule is O=C(Nc1ccc(C#Cc2ccc(NC(=O)[C@@H]3CCCN3C(=O)Cc3ccccc3)cn2)nc1)[C@@H]1CCCN1C(=O)Cc1ccccc1. The third-order valence-electron chi connectivity index (χ3n) is 8.53. The van der Waals surface area contributed by atoms with Crippen molar-refractivity contribution in [2.24, 2.45) is 0 Å². The van der Waals surface area contributed by atoms with Crippen molar-refractivity contribution in [1.82, 2.24) is 19.8 Å². The summed E-state index contributed by atoms with van der Waals surface area (Å²) < 4.78 is 0. The largest absolute Gasteiger partial charge is 0.330 e. The van der Waals surface area contributed by atoms with Crippen molar-refractivity contribution in [2.75, 3.05) is 23.7 Å². The van der Waals surface area contributed by atoms with Gasteiger partial charge in [-0.05, 0) is 72.9 Å². The summed E-state index contributed by atoms with van der Waals surface area (Å²) in [6.07, 6.45) is 6.40. The topological polar surface area (TPSA) is 125 Å². The normalized spacial score (nSPS) is 16.9. The van der Waals surface area contributed by atoms with Crippen molar-refractivity contribution in [1.29, 1.82) is 0 Å². The van der Waals surface area contributed by atoms with E-state index < -0.39 is 12.1 Å². The Bertz CT molecular complexity index is 1690. The van der Waals surface area contributed by atoms with Crippen molar-refractivity contribution < 1.29 is 19.2 Å². The van der Waals surface area contributed by atoms with E-state index in [4.69, 9.17) is 0 Å². The van der Waals surface area contributed by atoms with Crippen LogP contribution >= 0.6 is 0 Å². The van der Waals surface area contributed by atoms with Gasteiger partial charge in [-0.2, -0.15) is 0 Å². The minimum atomic E-state index is -0.515. The molecule has 0 saturated carbocycles. The van der Waals surface area contributed by atoms with E-state index in [9.17, 15) is 19.2 Å². The van der Waals surface area contributed by atoms with Crippen LogP contribution in [-0.2, 0) is 32.0 Å². The van der Waals surface area contributed by atoms with Gasteiger partial charge in [-0.3, -0.25) is 19.2 Å². The molecule has 10 heteroatoms. The molecule has 242 valence electrons. The van der Waals surface area contributed by atoms with Gasteiger partial charge in [0.2, 0.25) is 23.6 Å². The predicted molar refractivity (Wildman–Crippen MR) is 181 cm³/mol. The molecule has 2 aliphatic heterocycles. The molecule has 4 heterocycles. The first-order chi connectivity index (χ1) is 23.4. The minimum absolute atomic E-state index is 0.0573. The van der Waals surface area contributed by atoms with Crippen molar-refractivity contribution >= 4 is 35.0 Å². The van der Waals surface area contributed by atoms with Crippen LogP contribution in [0.5, 0.6) is 0 Å². The molecule has 2 N–H and O–H groups in total. The molecule has 2 saturated heterocycles. The quantitative estimate of drug-likeness (QED) is 0.278. The minimum Gasteiger partial charge on any atom is -0.330 e. The Labute approximate surface area is 279 Å². The van der Waals surface area contributed by atoms with Crippen LogP contribution in [-0.4, -0.2) is 68.6 Å². The standard InChI is InChI=1S/C38H36N6O4/c45-35(23-27-9-3-1-4-10-27)43-21-7-13-33(43)37(47)41-31-19-17-29(39-25-31)15-16-30-18-20-32(26-40-30)42-38(48)34-14-8-22-44(34)36(46)24-28-11-5-2-6-12-28/h1-6,9-12,17-20,25-26,33-34H,7-8,13-14,21-24H2,(H,41,47)(H,42,48)/t33-,34-/m0/s1. The van der Waals surface area contributed by atoms with E-state index in [1.807, 2.05) is 60.7 Å². The molecule has 48 heavy (non-hydrogen) atoms. The number of hydrogen-bond acceptors (Lipinski definition) is 6. The average molecular weight is 641 g/mol. The van der Waals surface area contributed by atoms with Gasteiger partial charge in [-0.1, -0.05) is 60.7 Å². The number of pyridine rings is 2. The number of anilines is 2. The molecule has 2 atom stereocenters. The van der Waals surface area contributed by atoms with Gasteiger partial charge < -0.3 is 20.4 Å². The van der Waals surface area contributed by atoms with Gasteiger partial charge in [0.05, 0.1) is 36.6 Å². The van der Waals surface area contributed by atoms with E-state index in [2.05, 4.69) is 32.4 Å². The molecular weight excluding hydrogens is 604 g/mol. The highest BCUT2D eigenvalue weighted by Crippen LogP contribution is 2.22. The number of carbonyl (C=O) groups is 4. The van der Waals surface area contributed by atoms with Crippen LogP contribution in [0.3, 0.4) is 0 Å². The van der Waals surface area contributed by atoms with Crippen LogP contribution in [0.2, 0.25) is 0 Å². The van der Waals surface area contributed by atoms with Gasteiger partial charge in [-0.15, -0.1) is 0 Å². The highest BCUT2D eigenvalue weighted by Gasteiger charge is 2.35. The molecule has 0 spiro atoms. The average Bonchev–Trinajstić information content (AvgIpc) is 3.81. The number of aromatic nitrogens is 2. The number of likely N-dealkylation sites (tertiary alicyclic amines) is 2. The number of nitrogens with one attached hydrogen (secondary N) is 2. The molecule has 2 aromatic carbocycles. The Morgan fingerprint density at radius 2 is 1.02 bits per heavy atom. The van der Waals surface area contributed by atoms with Gasteiger partial charge in [0.15, 0.2) is 0 Å². The van der Waals surface area contributed by atoms with Crippen LogP contribution < -0.4 is 10.6 Å². The van der Waals surface area contributed by atoms with E-state index in [-0.39, 0.29) is 36.5 Å². The molecule has 0 bridgehead atoms. The Morgan fingerprint density at radius 3 is 1.40 bits per heavy atom. The van der Waals surface area contributed by atoms with E-state index >= 15 is 0 Å². The zero-order chi connectivity index (χ0) is 33.3. The summed E-state index contributed by atoms with van der Waals surface area (Å²) in [6, 6.07) is 24.9. The maximum atomic E-state index is 13.0. The Balaban J connectivity index is 0.995. The van der Waals surface area contributed by atoms with Crippen molar-refractivity contribution in [3.8, 4) is 11.8 Å². The summed E-state index contributed by atoms with van der Waals surface area (Å²) in [5.74, 6) is 5.35. The van der Waals surface area contributed by atoms with Crippen molar-refractivity contribution in [2.45, 2.75) is 50.6 Å². The van der Waals surface area contributed by atoms with E-state index in [0.717, 1.165) is 24.0 Å². The number of rotatable bonds is 8. The van der Waals surface area contributed by atoms with Crippen molar-refractivity contribution in [3.05, 3.63) is 120 Å². The summed E-state index contributed by atoms with van der Waals surface area (Å²) in [5.41, 5.74) is 3.88. The molecule has 2 aromatic heterocycles. The van der Waals surface area contributed by atoms with Gasteiger partial charge >= 0.3 is 0 Å². The summed E-state index contributed by atoms with van der Waals surface area (Å²) in [6.45, 7) is 1.13. The van der Waals surface area contributed by atoms with Crippen LogP contribution in [0, 0.1) is 11.8 Å². The first-order valence-electron chi connectivity index (χ1n) is 16.2. The zero-order valence-electron chi connectivity index (χ0n) is 26.5. The first kappa shape index (κ1) is 32.1. The van der Waals surface area contributed by atoms with Gasteiger partial charge in [-0.25, -0.2) is 9.97 Å². The first-order valence-corrected chi connectivity index (χ1v) is 16.2. The highest BCUT2D eigenvalue weighted by molar-refractivity contribution is 5.98. The second-order valence-corrected chi connectivity index (χ2v) is 11.9. The molecule has 10 nitrogen and oxygen atoms in total. The van der Waals surface area contributed by atoms with E-state index in [0.29, 0.717) is 48.7 Å². The highest BCUT2D eigenvalue weighted by atomic mass is 16.2. The lowest BCUT2D eigenvalue weighted by molar-refractivity contribution is -0.136. The van der Waals surface area contributed by atoms with Crippen LogP contribution in [0.25, 0.3) is 0 Å². The molecule has 4 aromatic rings.